The number of isocyanates is 1. The highest BCUT2D eigenvalue weighted by Crippen LogP contribution is 2.34. The highest BCUT2D eigenvalue weighted by Gasteiger charge is 2.11. The lowest BCUT2D eigenvalue weighted by Gasteiger charge is -2.09. The van der Waals surface area contributed by atoms with Gasteiger partial charge in [-0.05, 0) is 31.0 Å². The van der Waals surface area contributed by atoms with Crippen molar-refractivity contribution in [2.24, 2.45) is 4.99 Å². The normalized spacial score (nSPS) is 9.57. The number of aryl methyl sites for hydroxylation is 1. The van der Waals surface area contributed by atoms with Crippen LogP contribution in [0.3, 0.4) is 0 Å². The fourth-order valence-corrected chi connectivity index (χ4v) is 1.19. The number of benzene rings is 1. The second kappa shape index (κ2) is 3.94. The Labute approximate surface area is 81.5 Å². The molecule has 0 aliphatic rings. The van der Waals surface area contributed by atoms with Crippen LogP contribution in [0, 0.1) is 13.8 Å². The quantitative estimate of drug-likeness (QED) is 0.425. The molecule has 0 aliphatic carbocycles. The van der Waals surface area contributed by atoms with Gasteiger partial charge in [-0.15, -0.1) is 0 Å². The summed E-state index contributed by atoms with van der Waals surface area (Å²) in [5.41, 5.74) is 1.90. The van der Waals surface area contributed by atoms with E-state index in [4.69, 9.17) is 0 Å². The smallest absolute Gasteiger partial charge is 0.235 e. The van der Waals surface area contributed by atoms with E-state index in [1.807, 2.05) is 6.92 Å². The SMILES string of the molecule is Cc1cc(CN=C=O)c(O)c(O)c1C. The number of phenolic OH excluding ortho intramolecular Hbond substituents is 2. The van der Waals surface area contributed by atoms with E-state index < -0.39 is 0 Å². The van der Waals surface area contributed by atoms with Gasteiger partial charge in [-0.3, -0.25) is 0 Å². The van der Waals surface area contributed by atoms with E-state index in [0.29, 0.717) is 11.1 Å². The number of nitrogens with zero attached hydrogens (tertiary/aromatic N) is 1. The summed E-state index contributed by atoms with van der Waals surface area (Å²) in [5.74, 6) is -0.367. The molecule has 0 saturated carbocycles. The van der Waals surface area contributed by atoms with Crippen molar-refractivity contribution < 1.29 is 15.0 Å². The number of phenols is 2. The maximum Gasteiger partial charge on any atom is 0.235 e. The molecule has 74 valence electrons. The van der Waals surface area contributed by atoms with Gasteiger partial charge in [-0.2, -0.15) is 0 Å². The van der Waals surface area contributed by atoms with Gasteiger partial charge in [0.1, 0.15) is 0 Å². The third-order valence-electron chi connectivity index (χ3n) is 2.18. The van der Waals surface area contributed by atoms with Gasteiger partial charge in [-0.1, -0.05) is 0 Å². The Balaban J connectivity index is 3.25. The monoisotopic (exact) mass is 193 g/mol. The fraction of sp³-hybridized carbons (Fsp3) is 0.300. The molecule has 4 nitrogen and oxygen atoms in total. The summed E-state index contributed by atoms with van der Waals surface area (Å²) in [6, 6.07) is 1.69. The van der Waals surface area contributed by atoms with Crippen LogP contribution in [0.5, 0.6) is 11.5 Å². The molecule has 0 aliphatic heterocycles. The third kappa shape index (κ3) is 1.75. The second-order valence-electron chi connectivity index (χ2n) is 3.08. The Kier molecular flexibility index (Phi) is 2.89. The average molecular weight is 193 g/mol. The molecule has 0 spiro atoms. The molecule has 0 aromatic heterocycles. The van der Waals surface area contributed by atoms with Gasteiger partial charge in [0.2, 0.25) is 6.08 Å². The van der Waals surface area contributed by atoms with Crippen molar-refractivity contribution in [1.29, 1.82) is 0 Å². The molecule has 0 heterocycles. The maximum atomic E-state index is 9.89. The summed E-state index contributed by atoms with van der Waals surface area (Å²) in [6.07, 6.45) is 1.38. The molecule has 0 unspecified atom stereocenters. The van der Waals surface area contributed by atoms with E-state index in [2.05, 4.69) is 4.99 Å². The third-order valence-corrected chi connectivity index (χ3v) is 2.18. The van der Waals surface area contributed by atoms with E-state index in [1.165, 1.54) is 6.08 Å². The van der Waals surface area contributed by atoms with Crippen LogP contribution in [0.2, 0.25) is 0 Å². The Morgan fingerprint density at radius 1 is 1.36 bits per heavy atom. The van der Waals surface area contributed by atoms with E-state index >= 15 is 0 Å². The number of aliphatic imine (C=N–C) groups is 1. The lowest BCUT2D eigenvalue weighted by molar-refractivity contribution is 0.396. The summed E-state index contributed by atoms with van der Waals surface area (Å²) in [5, 5.41) is 19.0. The summed E-state index contributed by atoms with van der Waals surface area (Å²) in [7, 11) is 0. The van der Waals surface area contributed by atoms with Gasteiger partial charge in [0.15, 0.2) is 11.5 Å². The Morgan fingerprint density at radius 3 is 2.57 bits per heavy atom. The highest BCUT2D eigenvalue weighted by atomic mass is 16.3. The van der Waals surface area contributed by atoms with Crippen molar-refractivity contribution in [2.45, 2.75) is 20.4 Å². The Hall–Kier alpha value is -1.80. The van der Waals surface area contributed by atoms with Crippen LogP contribution >= 0.6 is 0 Å². The first-order chi connectivity index (χ1) is 6.57. The molecular formula is C10H11NO3. The number of aromatic hydroxyl groups is 2. The number of hydrogen-bond acceptors (Lipinski definition) is 4. The van der Waals surface area contributed by atoms with E-state index in [0.717, 1.165) is 5.56 Å². The zero-order valence-electron chi connectivity index (χ0n) is 8.03. The summed E-state index contributed by atoms with van der Waals surface area (Å²) in [6.45, 7) is 3.55. The topological polar surface area (TPSA) is 69.9 Å². The summed E-state index contributed by atoms with van der Waals surface area (Å²) >= 11 is 0. The van der Waals surface area contributed by atoms with Crippen LogP contribution in [0.1, 0.15) is 16.7 Å². The van der Waals surface area contributed by atoms with Crippen molar-refractivity contribution >= 4 is 6.08 Å². The molecule has 1 aromatic carbocycles. The lowest BCUT2D eigenvalue weighted by atomic mass is 10.0. The lowest BCUT2D eigenvalue weighted by Crippen LogP contribution is -1.89. The van der Waals surface area contributed by atoms with E-state index in [-0.39, 0.29) is 18.0 Å². The largest absolute Gasteiger partial charge is 0.504 e. The minimum atomic E-state index is -0.216. The number of rotatable bonds is 2. The minimum absolute atomic E-state index is 0.0318. The molecule has 1 aromatic rings. The molecule has 1 rings (SSSR count). The fourth-order valence-electron chi connectivity index (χ4n) is 1.19. The predicted molar refractivity (Wildman–Crippen MR) is 51.1 cm³/mol. The molecule has 2 N–H and O–H groups in total. The van der Waals surface area contributed by atoms with Crippen LogP contribution in [0.4, 0.5) is 0 Å². The molecule has 14 heavy (non-hydrogen) atoms. The van der Waals surface area contributed by atoms with Crippen LogP contribution in [0.25, 0.3) is 0 Å². The van der Waals surface area contributed by atoms with Crippen molar-refractivity contribution in [2.75, 3.05) is 0 Å². The first-order valence-electron chi connectivity index (χ1n) is 4.12. The van der Waals surface area contributed by atoms with Crippen molar-refractivity contribution in [3.63, 3.8) is 0 Å². The van der Waals surface area contributed by atoms with Gasteiger partial charge in [0.25, 0.3) is 0 Å². The number of hydrogen-bond donors (Lipinski definition) is 2. The van der Waals surface area contributed by atoms with E-state index in [1.54, 1.807) is 13.0 Å². The zero-order chi connectivity index (χ0) is 10.7. The first-order valence-corrected chi connectivity index (χ1v) is 4.12. The molecule has 4 heteroatoms. The van der Waals surface area contributed by atoms with Crippen molar-refractivity contribution in [3.8, 4) is 11.5 Å². The van der Waals surface area contributed by atoms with Crippen molar-refractivity contribution in [3.05, 3.63) is 22.8 Å². The standard InChI is InChI=1S/C10H11NO3/c1-6-3-8(4-11-5-12)10(14)9(13)7(6)2/h3,13-14H,4H2,1-2H3. The molecule has 0 fully saturated rings. The van der Waals surface area contributed by atoms with Gasteiger partial charge in [0, 0.05) is 5.56 Å². The predicted octanol–water partition coefficient (Wildman–Crippen LogP) is 1.55. The molecular weight excluding hydrogens is 182 g/mol. The molecule has 0 radical (unpaired) electrons. The minimum Gasteiger partial charge on any atom is -0.504 e. The van der Waals surface area contributed by atoms with Crippen LogP contribution < -0.4 is 0 Å². The summed E-state index contributed by atoms with van der Waals surface area (Å²) in [4.78, 5) is 13.2. The average Bonchev–Trinajstić information content (AvgIpc) is 2.18. The second-order valence-corrected chi connectivity index (χ2v) is 3.08. The van der Waals surface area contributed by atoms with E-state index in [9.17, 15) is 15.0 Å². The highest BCUT2D eigenvalue weighted by molar-refractivity contribution is 5.53. The molecule has 0 atom stereocenters. The van der Waals surface area contributed by atoms with Gasteiger partial charge >= 0.3 is 0 Å². The zero-order valence-corrected chi connectivity index (χ0v) is 8.03. The Bertz CT molecular complexity index is 406. The first kappa shape index (κ1) is 10.3. The van der Waals surface area contributed by atoms with Crippen molar-refractivity contribution in [1.82, 2.24) is 0 Å². The van der Waals surface area contributed by atoms with Gasteiger partial charge in [0.05, 0.1) is 6.54 Å². The van der Waals surface area contributed by atoms with Gasteiger partial charge in [-0.25, -0.2) is 9.79 Å². The van der Waals surface area contributed by atoms with Gasteiger partial charge < -0.3 is 10.2 Å². The van der Waals surface area contributed by atoms with Crippen LogP contribution in [-0.2, 0) is 11.3 Å². The number of carbonyl (C=O) groups excluding carboxylic acids is 1. The molecule has 0 bridgehead atoms. The maximum absolute atomic E-state index is 9.89. The van der Waals surface area contributed by atoms with Crippen LogP contribution in [0.15, 0.2) is 11.1 Å². The molecule has 0 amide bonds. The molecule has 0 saturated heterocycles. The Morgan fingerprint density at radius 2 is 2.00 bits per heavy atom. The summed E-state index contributed by atoms with van der Waals surface area (Å²) < 4.78 is 0. The van der Waals surface area contributed by atoms with Crippen LogP contribution in [-0.4, -0.2) is 16.3 Å².